The lowest BCUT2D eigenvalue weighted by Crippen LogP contribution is -2.41. The monoisotopic (exact) mass is 370 g/mol. The van der Waals surface area contributed by atoms with Gasteiger partial charge in [0.05, 0.1) is 0 Å². The van der Waals surface area contributed by atoms with Crippen LogP contribution < -0.4 is 5.73 Å². The molecule has 2 aromatic rings. The van der Waals surface area contributed by atoms with E-state index < -0.39 is 0 Å². The fraction of sp³-hybridized carbons (Fsp3) is 0.500. The van der Waals surface area contributed by atoms with Gasteiger partial charge in [-0.3, -0.25) is 9.59 Å². The maximum absolute atomic E-state index is 12.3. The van der Waals surface area contributed by atoms with Crippen LogP contribution in [0.25, 0.3) is 11.4 Å². The zero-order chi connectivity index (χ0) is 19.4. The maximum Gasteiger partial charge on any atom is 0.227 e. The predicted octanol–water partition coefficient (Wildman–Crippen LogP) is 2.52. The number of likely N-dealkylation sites (tertiary alicyclic amines) is 1. The van der Waals surface area contributed by atoms with Crippen molar-refractivity contribution in [3.8, 4) is 11.4 Å². The van der Waals surface area contributed by atoms with Gasteiger partial charge in [-0.25, -0.2) is 0 Å². The molecule has 27 heavy (non-hydrogen) atoms. The van der Waals surface area contributed by atoms with Crippen LogP contribution in [0.3, 0.4) is 0 Å². The average Bonchev–Trinajstić information content (AvgIpc) is 3.15. The molecule has 7 nitrogen and oxygen atoms in total. The topological polar surface area (TPSA) is 102 Å². The highest BCUT2D eigenvalue weighted by molar-refractivity contribution is 5.79. The Labute approximate surface area is 158 Å². The van der Waals surface area contributed by atoms with Crippen LogP contribution in [0.4, 0.5) is 0 Å². The highest BCUT2D eigenvalue weighted by atomic mass is 16.5. The summed E-state index contributed by atoms with van der Waals surface area (Å²) >= 11 is 0. The van der Waals surface area contributed by atoms with Crippen molar-refractivity contribution in [2.24, 2.45) is 11.7 Å². The van der Waals surface area contributed by atoms with Gasteiger partial charge < -0.3 is 15.2 Å². The van der Waals surface area contributed by atoms with Gasteiger partial charge in [-0.1, -0.05) is 43.3 Å². The third-order valence-electron chi connectivity index (χ3n) is 5.11. The zero-order valence-corrected chi connectivity index (χ0v) is 15.9. The van der Waals surface area contributed by atoms with Gasteiger partial charge in [0.1, 0.15) is 0 Å². The van der Waals surface area contributed by atoms with Crippen LogP contribution in [0, 0.1) is 5.92 Å². The number of nitrogens with zero attached hydrogens (tertiary/aromatic N) is 3. The molecule has 1 aromatic heterocycles. The fourth-order valence-electron chi connectivity index (χ4n) is 3.28. The minimum absolute atomic E-state index is 0.0407. The summed E-state index contributed by atoms with van der Waals surface area (Å²) in [6.07, 6.45) is 2.00. The second-order valence-corrected chi connectivity index (χ2v) is 7.35. The number of primary amides is 1. The van der Waals surface area contributed by atoms with Crippen LogP contribution in [0.15, 0.2) is 28.8 Å². The number of hydrogen-bond acceptors (Lipinski definition) is 5. The Balaban J connectivity index is 1.52. The Morgan fingerprint density at radius 2 is 1.89 bits per heavy atom. The lowest BCUT2D eigenvalue weighted by atomic mass is 9.96. The first-order chi connectivity index (χ1) is 12.9. The summed E-state index contributed by atoms with van der Waals surface area (Å²) in [7, 11) is 0. The number of nitrogens with two attached hydrogens (primary N) is 1. The van der Waals surface area contributed by atoms with Crippen LogP contribution in [0.5, 0.6) is 0 Å². The smallest absolute Gasteiger partial charge is 0.227 e. The molecule has 2 heterocycles. The summed E-state index contributed by atoms with van der Waals surface area (Å²) in [6.45, 7) is 5.44. The summed E-state index contributed by atoms with van der Waals surface area (Å²) in [5.74, 6) is 1.11. The number of hydrogen-bond donors (Lipinski definition) is 1. The molecule has 2 amide bonds. The molecule has 1 aliphatic heterocycles. The van der Waals surface area contributed by atoms with E-state index in [1.54, 1.807) is 4.90 Å². The zero-order valence-electron chi connectivity index (χ0n) is 15.9. The number of benzene rings is 1. The Bertz CT molecular complexity index is 790. The molecule has 0 unspecified atom stereocenters. The molecule has 0 spiro atoms. The van der Waals surface area contributed by atoms with E-state index in [0.29, 0.717) is 56.4 Å². The van der Waals surface area contributed by atoms with E-state index in [9.17, 15) is 9.59 Å². The number of carbonyl (C=O) groups excluding carboxylic acids is 2. The van der Waals surface area contributed by atoms with Gasteiger partial charge in [-0.05, 0) is 24.3 Å². The third kappa shape index (κ3) is 4.72. The van der Waals surface area contributed by atoms with Crippen LogP contribution in [-0.4, -0.2) is 39.9 Å². The second-order valence-electron chi connectivity index (χ2n) is 7.35. The van der Waals surface area contributed by atoms with Gasteiger partial charge in [0, 0.05) is 37.4 Å². The van der Waals surface area contributed by atoms with Crippen molar-refractivity contribution in [1.29, 1.82) is 0 Å². The molecule has 0 aliphatic carbocycles. The molecule has 1 aromatic carbocycles. The van der Waals surface area contributed by atoms with Crippen LogP contribution in [0.1, 0.15) is 50.5 Å². The first-order valence-electron chi connectivity index (χ1n) is 9.44. The molecular weight excluding hydrogens is 344 g/mol. The van der Waals surface area contributed by atoms with E-state index in [1.165, 1.54) is 5.56 Å². The highest BCUT2D eigenvalue weighted by Crippen LogP contribution is 2.21. The molecular formula is C20H26N4O3. The SMILES string of the molecule is CC(C)c1ccc(-c2noc(CCC(=O)N3CCC(C(N)=O)CC3)n2)cc1. The van der Waals surface area contributed by atoms with Gasteiger partial charge in [0.15, 0.2) is 0 Å². The highest BCUT2D eigenvalue weighted by Gasteiger charge is 2.25. The van der Waals surface area contributed by atoms with Gasteiger partial charge in [-0.15, -0.1) is 0 Å². The summed E-state index contributed by atoms with van der Waals surface area (Å²) in [5, 5.41) is 4.02. The van der Waals surface area contributed by atoms with Crippen molar-refractivity contribution < 1.29 is 14.1 Å². The minimum Gasteiger partial charge on any atom is -0.369 e. The molecule has 0 saturated carbocycles. The quantitative estimate of drug-likeness (QED) is 0.842. The Kier molecular flexibility index (Phi) is 5.88. The molecule has 7 heteroatoms. The first kappa shape index (κ1) is 19.1. The Morgan fingerprint density at radius 1 is 1.22 bits per heavy atom. The molecule has 1 fully saturated rings. The first-order valence-corrected chi connectivity index (χ1v) is 9.44. The van der Waals surface area contributed by atoms with Crippen molar-refractivity contribution >= 4 is 11.8 Å². The van der Waals surface area contributed by atoms with Crippen LogP contribution in [-0.2, 0) is 16.0 Å². The lowest BCUT2D eigenvalue weighted by Gasteiger charge is -2.30. The largest absolute Gasteiger partial charge is 0.369 e. The number of amides is 2. The van der Waals surface area contributed by atoms with Crippen molar-refractivity contribution in [1.82, 2.24) is 15.0 Å². The molecule has 0 radical (unpaired) electrons. The molecule has 3 rings (SSSR count). The number of carbonyl (C=O) groups is 2. The van der Waals surface area contributed by atoms with Crippen molar-refractivity contribution in [2.45, 2.75) is 45.4 Å². The molecule has 0 atom stereocenters. The normalized spacial score (nSPS) is 15.3. The third-order valence-corrected chi connectivity index (χ3v) is 5.11. The summed E-state index contributed by atoms with van der Waals surface area (Å²) in [5.41, 5.74) is 7.48. The minimum atomic E-state index is -0.276. The van der Waals surface area contributed by atoms with E-state index in [2.05, 4.69) is 36.1 Å². The average molecular weight is 370 g/mol. The molecule has 2 N–H and O–H groups in total. The number of aromatic nitrogens is 2. The lowest BCUT2D eigenvalue weighted by molar-refractivity contribution is -0.134. The van der Waals surface area contributed by atoms with E-state index in [0.717, 1.165) is 5.56 Å². The predicted molar refractivity (Wildman–Crippen MR) is 101 cm³/mol. The molecule has 0 bridgehead atoms. The van der Waals surface area contributed by atoms with Gasteiger partial charge in [0.25, 0.3) is 0 Å². The maximum atomic E-state index is 12.3. The number of piperidine rings is 1. The van der Waals surface area contributed by atoms with E-state index in [-0.39, 0.29) is 17.7 Å². The summed E-state index contributed by atoms with van der Waals surface area (Å²) in [4.78, 5) is 29.7. The van der Waals surface area contributed by atoms with Crippen molar-refractivity contribution in [3.05, 3.63) is 35.7 Å². The van der Waals surface area contributed by atoms with E-state index >= 15 is 0 Å². The van der Waals surface area contributed by atoms with Crippen LogP contribution in [0.2, 0.25) is 0 Å². The van der Waals surface area contributed by atoms with Gasteiger partial charge >= 0.3 is 0 Å². The Hall–Kier alpha value is -2.70. The Morgan fingerprint density at radius 3 is 2.48 bits per heavy atom. The van der Waals surface area contributed by atoms with E-state index in [4.69, 9.17) is 10.3 Å². The standard InChI is InChI=1S/C20H26N4O3/c1-13(2)14-3-5-16(6-4-14)20-22-17(27-23-20)7-8-18(25)24-11-9-15(10-12-24)19(21)26/h3-6,13,15H,7-12H2,1-2H3,(H2,21,26). The molecule has 144 valence electrons. The van der Waals surface area contributed by atoms with Crippen molar-refractivity contribution in [2.75, 3.05) is 13.1 Å². The fourth-order valence-corrected chi connectivity index (χ4v) is 3.28. The molecule has 1 saturated heterocycles. The number of rotatable bonds is 6. The van der Waals surface area contributed by atoms with Crippen molar-refractivity contribution in [3.63, 3.8) is 0 Å². The van der Waals surface area contributed by atoms with E-state index in [1.807, 2.05) is 12.1 Å². The summed E-state index contributed by atoms with van der Waals surface area (Å²) < 4.78 is 5.29. The summed E-state index contributed by atoms with van der Waals surface area (Å²) in [6, 6.07) is 8.10. The van der Waals surface area contributed by atoms with Gasteiger partial charge in [-0.2, -0.15) is 4.98 Å². The van der Waals surface area contributed by atoms with Crippen LogP contribution >= 0.6 is 0 Å². The molecule has 1 aliphatic rings. The van der Waals surface area contributed by atoms with Gasteiger partial charge in [0.2, 0.25) is 23.5 Å². The number of aryl methyl sites for hydroxylation is 1. The second kappa shape index (κ2) is 8.33.